The molecule has 3 nitrogen and oxygen atoms in total. The maximum Gasteiger partial charge on any atom is 0.146 e. The molecule has 2 rings (SSSR count). The Morgan fingerprint density at radius 3 is 2.80 bits per heavy atom. The summed E-state index contributed by atoms with van der Waals surface area (Å²) < 4.78 is 11.3. The van der Waals surface area contributed by atoms with E-state index in [0.717, 1.165) is 18.7 Å². The smallest absolute Gasteiger partial charge is 0.146 e. The molecule has 0 aliphatic carbocycles. The van der Waals surface area contributed by atoms with Crippen LogP contribution in [-0.2, 0) is 9.47 Å². The first-order valence-corrected chi connectivity index (χ1v) is 5.23. The number of nitrogens with one attached hydrogen (secondary N) is 1. The van der Waals surface area contributed by atoms with Crippen LogP contribution in [0.25, 0.3) is 0 Å². The monoisotopic (exact) mass is 207 g/mol. The molecule has 1 saturated heterocycles. The van der Waals surface area contributed by atoms with Crippen molar-refractivity contribution < 1.29 is 9.47 Å². The molecule has 2 unspecified atom stereocenters. The van der Waals surface area contributed by atoms with E-state index >= 15 is 0 Å². The van der Waals surface area contributed by atoms with Crippen LogP contribution in [-0.4, -0.2) is 26.0 Å². The second-order valence-electron chi connectivity index (χ2n) is 3.90. The molecule has 82 valence electrons. The molecule has 0 spiro atoms. The van der Waals surface area contributed by atoms with Crippen molar-refractivity contribution in [3.8, 4) is 0 Å². The third kappa shape index (κ3) is 2.04. The third-order valence-electron chi connectivity index (χ3n) is 2.89. The van der Waals surface area contributed by atoms with Gasteiger partial charge in [-0.1, -0.05) is 30.3 Å². The zero-order valence-electron chi connectivity index (χ0n) is 9.19. The van der Waals surface area contributed by atoms with Crippen molar-refractivity contribution in [2.24, 2.45) is 0 Å². The van der Waals surface area contributed by atoms with Crippen LogP contribution in [0.1, 0.15) is 18.6 Å². The van der Waals surface area contributed by atoms with E-state index in [4.69, 9.17) is 9.47 Å². The molecule has 2 atom stereocenters. The summed E-state index contributed by atoms with van der Waals surface area (Å²) in [5.74, 6) is 0. The Kier molecular flexibility index (Phi) is 3.05. The fourth-order valence-corrected chi connectivity index (χ4v) is 1.95. The lowest BCUT2D eigenvalue weighted by Gasteiger charge is -2.41. The maximum absolute atomic E-state index is 5.78. The molecule has 0 amide bonds. The topological polar surface area (TPSA) is 30.5 Å². The highest BCUT2D eigenvalue weighted by atomic mass is 16.6. The van der Waals surface area contributed by atoms with Gasteiger partial charge in [-0.3, -0.25) is 5.32 Å². The summed E-state index contributed by atoms with van der Waals surface area (Å²) in [6.45, 7) is 3.57. The van der Waals surface area contributed by atoms with Gasteiger partial charge in [-0.2, -0.15) is 0 Å². The van der Waals surface area contributed by atoms with Crippen LogP contribution in [0.5, 0.6) is 0 Å². The fourth-order valence-electron chi connectivity index (χ4n) is 1.95. The Morgan fingerprint density at radius 1 is 1.40 bits per heavy atom. The molecule has 3 heteroatoms. The first kappa shape index (κ1) is 10.6. The molecule has 1 fully saturated rings. The Bertz CT molecular complexity index is 315. The van der Waals surface area contributed by atoms with E-state index < -0.39 is 5.72 Å². The molecular formula is C12H17NO2. The molecule has 1 N–H and O–H groups in total. The van der Waals surface area contributed by atoms with Crippen LogP contribution in [0.4, 0.5) is 0 Å². The van der Waals surface area contributed by atoms with Crippen molar-refractivity contribution in [1.29, 1.82) is 0 Å². The summed E-state index contributed by atoms with van der Waals surface area (Å²) >= 11 is 0. The fraction of sp³-hybridized carbons (Fsp3) is 0.500. The minimum Gasteiger partial charge on any atom is -0.368 e. The molecule has 1 aromatic rings. The number of benzene rings is 1. The summed E-state index contributed by atoms with van der Waals surface area (Å²) in [5.41, 5.74) is 0.716. The lowest BCUT2D eigenvalue weighted by molar-refractivity contribution is -0.168. The number of morpholine rings is 1. The lowest BCUT2D eigenvalue weighted by Crippen LogP contribution is -2.55. The van der Waals surface area contributed by atoms with Gasteiger partial charge in [-0.25, -0.2) is 0 Å². The number of hydrogen-bond acceptors (Lipinski definition) is 3. The normalized spacial score (nSPS) is 31.5. The van der Waals surface area contributed by atoms with Gasteiger partial charge in [0.15, 0.2) is 0 Å². The van der Waals surface area contributed by atoms with Gasteiger partial charge in [0.1, 0.15) is 11.8 Å². The highest BCUT2D eigenvalue weighted by molar-refractivity contribution is 5.20. The highest BCUT2D eigenvalue weighted by Gasteiger charge is 2.38. The minimum atomic E-state index is -0.431. The largest absolute Gasteiger partial charge is 0.368 e. The third-order valence-corrected chi connectivity index (χ3v) is 2.89. The summed E-state index contributed by atoms with van der Waals surface area (Å²) in [6, 6.07) is 10.2. The lowest BCUT2D eigenvalue weighted by atomic mass is 9.98. The first-order valence-electron chi connectivity index (χ1n) is 5.23. The molecule has 0 bridgehead atoms. The molecule has 0 saturated carbocycles. The second kappa shape index (κ2) is 4.31. The van der Waals surface area contributed by atoms with Crippen LogP contribution in [0.3, 0.4) is 0 Å². The van der Waals surface area contributed by atoms with Crippen molar-refractivity contribution in [2.75, 3.05) is 20.3 Å². The summed E-state index contributed by atoms with van der Waals surface area (Å²) in [4.78, 5) is 0. The van der Waals surface area contributed by atoms with E-state index in [0.29, 0.717) is 0 Å². The number of rotatable bonds is 2. The Morgan fingerprint density at radius 2 is 2.13 bits per heavy atom. The van der Waals surface area contributed by atoms with E-state index in [9.17, 15) is 0 Å². The Balaban J connectivity index is 2.26. The average Bonchev–Trinajstić information content (AvgIpc) is 2.31. The van der Waals surface area contributed by atoms with Gasteiger partial charge in [0.2, 0.25) is 0 Å². The SMILES string of the molecule is COC1(C)NCCOC1c1ccccc1. The van der Waals surface area contributed by atoms with Crippen molar-refractivity contribution in [3.05, 3.63) is 35.9 Å². The number of ether oxygens (including phenoxy) is 2. The Labute approximate surface area is 90.4 Å². The minimum absolute atomic E-state index is 0.0440. The Hall–Kier alpha value is -0.900. The van der Waals surface area contributed by atoms with Crippen molar-refractivity contribution in [1.82, 2.24) is 5.32 Å². The predicted octanol–water partition coefficient (Wildman–Crippen LogP) is 1.71. The zero-order valence-corrected chi connectivity index (χ0v) is 9.19. The van der Waals surface area contributed by atoms with Crippen LogP contribution in [0.15, 0.2) is 30.3 Å². The van der Waals surface area contributed by atoms with E-state index in [1.54, 1.807) is 7.11 Å². The van der Waals surface area contributed by atoms with E-state index in [-0.39, 0.29) is 6.10 Å². The standard InChI is InChI=1S/C12H17NO2/c1-12(14-2)11(15-9-8-13-12)10-6-4-3-5-7-10/h3-7,11,13H,8-9H2,1-2H3. The zero-order chi connectivity index (χ0) is 10.7. The predicted molar refractivity (Wildman–Crippen MR) is 58.6 cm³/mol. The molecule has 0 radical (unpaired) electrons. The molecule has 1 aliphatic rings. The highest BCUT2D eigenvalue weighted by Crippen LogP contribution is 2.32. The summed E-state index contributed by atoms with van der Waals surface area (Å²) in [7, 11) is 1.71. The van der Waals surface area contributed by atoms with Crippen molar-refractivity contribution in [3.63, 3.8) is 0 Å². The average molecular weight is 207 g/mol. The summed E-state index contributed by atoms with van der Waals surface area (Å²) in [5, 5.41) is 3.35. The quantitative estimate of drug-likeness (QED) is 0.800. The second-order valence-corrected chi connectivity index (χ2v) is 3.90. The first-order chi connectivity index (χ1) is 7.26. The van der Waals surface area contributed by atoms with Gasteiger partial charge in [0.05, 0.1) is 6.61 Å². The van der Waals surface area contributed by atoms with Crippen molar-refractivity contribution >= 4 is 0 Å². The van der Waals surface area contributed by atoms with Gasteiger partial charge >= 0.3 is 0 Å². The van der Waals surface area contributed by atoms with Gasteiger partial charge in [-0.05, 0) is 12.5 Å². The maximum atomic E-state index is 5.78. The van der Waals surface area contributed by atoms with E-state index in [1.165, 1.54) is 0 Å². The van der Waals surface area contributed by atoms with E-state index in [1.807, 2.05) is 25.1 Å². The molecule has 1 aliphatic heterocycles. The van der Waals surface area contributed by atoms with Crippen LogP contribution >= 0.6 is 0 Å². The van der Waals surface area contributed by atoms with Gasteiger partial charge < -0.3 is 9.47 Å². The molecule has 0 aromatic heterocycles. The van der Waals surface area contributed by atoms with Crippen molar-refractivity contribution in [2.45, 2.75) is 18.8 Å². The molecule has 1 heterocycles. The van der Waals surface area contributed by atoms with E-state index in [2.05, 4.69) is 17.4 Å². The van der Waals surface area contributed by atoms with Crippen LogP contribution in [0.2, 0.25) is 0 Å². The molecular weight excluding hydrogens is 190 g/mol. The number of methoxy groups -OCH3 is 1. The van der Waals surface area contributed by atoms with Gasteiger partial charge in [0, 0.05) is 13.7 Å². The molecule has 1 aromatic carbocycles. The molecule has 15 heavy (non-hydrogen) atoms. The van der Waals surface area contributed by atoms with Gasteiger partial charge in [-0.15, -0.1) is 0 Å². The van der Waals surface area contributed by atoms with Crippen LogP contribution in [0, 0.1) is 0 Å². The summed E-state index contributed by atoms with van der Waals surface area (Å²) in [6.07, 6.45) is -0.0440. The number of hydrogen-bond donors (Lipinski definition) is 1. The van der Waals surface area contributed by atoms with Crippen LogP contribution < -0.4 is 5.32 Å². The van der Waals surface area contributed by atoms with Gasteiger partial charge in [0.25, 0.3) is 0 Å².